The molecule has 0 bridgehead atoms. The highest BCUT2D eigenvalue weighted by Gasteiger charge is 2.48. The summed E-state index contributed by atoms with van der Waals surface area (Å²) < 4.78 is 74.4. The number of methoxy groups -OCH3 is 1. The molecule has 13 heteroatoms. The molecule has 1 atom stereocenters. The average molecular weight is 525 g/mol. The molecule has 2 heterocycles. The number of piperidine rings is 1. The molecule has 4 amide bonds. The van der Waals surface area contributed by atoms with Gasteiger partial charge in [0.05, 0.1) is 12.7 Å². The van der Waals surface area contributed by atoms with Crippen molar-refractivity contribution >= 4 is 23.6 Å². The zero-order valence-corrected chi connectivity index (χ0v) is 19.2. The van der Waals surface area contributed by atoms with Crippen LogP contribution in [0.2, 0.25) is 0 Å². The maximum Gasteiger partial charge on any atom is 0.417 e. The van der Waals surface area contributed by atoms with Gasteiger partial charge in [-0.3, -0.25) is 24.5 Å². The Morgan fingerprint density at radius 1 is 1.08 bits per heavy atom. The summed E-state index contributed by atoms with van der Waals surface area (Å²) >= 11 is 0. The van der Waals surface area contributed by atoms with Gasteiger partial charge in [0, 0.05) is 30.6 Å². The number of ether oxygens (including phenoxy) is 1. The van der Waals surface area contributed by atoms with E-state index >= 15 is 0 Å². The van der Waals surface area contributed by atoms with Crippen molar-refractivity contribution in [2.45, 2.75) is 44.1 Å². The third kappa shape index (κ3) is 4.98. The van der Waals surface area contributed by atoms with Crippen molar-refractivity contribution in [2.24, 2.45) is 0 Å². The number of alkyl halides is 5. The molecule has 1 fully saturated rings. The molecule has 2 aromatic carbocycles. The number of carbonyl (C=O) groups excluding carboxylic acids is 4. The number of halogens is 5. The van der Waals surface area contributed by atoms with E-state index in [1.165, 1.54) is 23.1 Å². The van der Waals surface area contributed by atoms with Crippen LogP contribution in [-0.2, 0) is 39.6 Å². The van der Waals surface area contributed by atoms with Crippen LogP contribution in [-0.4, -0.2) is 41.7 Å². The molecule has 0 radical (unpaired) electrons. The van der Waals surface area contributed by atoms with E-state index in [0.717, 1.165) is 13.2 Å². The van der Waals surface area contributed by atoms with E-state index in [0.29, 0.717) is 23.3 Å². The zero-order valence-electron chi connectivity index (χ0n) is 19.2. The van der Waals surface area contributed by atoms with Gasteiger partial charge in [0.15, 0.2) is 0 Å². The zero-order chi connectivity index (χ0) is 27.1. The molecular formula is C24H20F5N3O5. The predicted molar refractivity (Wildman–Crippen MR) is 116 cm³/mol. The Morgan fingerprint density at radius 2 is 1.81 bits per heavy atom. The highest BCUT2D eigenvalue weighted by molar-refractivity contribution is 6.05. The van der Waals surface area contributed by atoms with Crippen molar-refractivity contribution in [3.05, 3.63) is 64.2 Å². The molecule has 1 unspecified atom stereocenters. The second kappa shape index (κ2) is 9.45. The number of imide groups is 1. The van der Waals surface area contributed by atoms with Crippen LogP contribution in [0.25, 0.3) is 0 Å². The monoisotopic (exact) mass is 525 g/mol. The van der Waals surface area contributed by atoms with Gasteiger partial charge >= 0.3 is 12.1 Å². The Morgan fingerprint density at radius 3 is 2.46 bits per heavy atom. The molecule has 0 saturated carbocycles. The van der Waals surface area contributed by atoms with Crippen LogP contribution in [0.1, 0.15) is 45.5 Å². The number of rotatable bonds is 6. The van der Waals surface area contributed by atoms with Gasteiger partial charge in [0.25, 0.3) is 11.8 Å². The Bertz CT molecular complexity index is 1290. The van der Waals surface area contributed by atoms with Gasteiger partial charge in [-0.1, -0.05) is 12.1 Å². The average Bonchev–Trinajstić information content (AvgIpc) is 3.16. The van der Waals surface area contributed by atoms with Gasteiger partial charge in [0.2, 0.25) is 11.8 Å². The molecule has 37 heavy (non-hydrogen) atoms. The minimum Gasteiger partial charge on any atom is -0.497 e. The van der Waals surface area contributed by atoms with E-state index in [4.69, 9.17) is 0 Å². The maximum atomic E-state index is 14.8. The fraction of sp³-hybridized carbons (Fsp3) is 0.333. The minimum absolute atomic E-state index is 0.0270. The summed E-state index contributed by atoms with van der Waals surface area (Å²) in [7, 11) is 1.08. The number of hydrogen-bond acceptors (Lipinski definition) is 5. The van der Waals surface area contributed by atoms with Gasteiger partial charge in [-0.2, -0.15) is 22.0 Å². The van der Waals surface area contributed by atoms with Crippen molar-refractivity contribution in [2.75, 3.05) is 7.11 Å². The molecule has 2 N–H and O–H groups in total. The fourth-order valence-electron chi connectivity index (χ4n) is 4.31. The molecule has 0 spiro atoms. The first-order valence-corrected chi connectivity index (χ1v) is 11.0. The second-order valence-electron chi connectivity index (χ2n) is 8.56. The highest BCUT2D eigenvalue weighted by atomic mass is 19.4. The summed E-state index contributed by atoms with van der Waals surface area (Å²) in [4.78, 5) is 49.8. The number of hydrogen-bond donors (Lipinski definition) is 2. The molecule has 8 nitrogen and oxygen atoms in total. The maximum absolute atomic E-state index is 14.8. The van der Waals surface area contributed by atoms with E-state index in [1.807, 2.05) is 5.32 Å². The lowest BCUT2D eigenvalue weighted by Crippen LogP contribution is -2.52. The standard InChI is InChI=1S/C24H20F5N3O5/c1-37-14-3-5-16(17(9-14)24(27,28)29)23(25,26)22(36)30-10-12-2-4-15-13(8-12)11-32(21(15)35)18-6-7-19(33)31-20(18)34/h2-5,8-9,18H,6-7,10-11H2,1H3,(H,30,36)(H,31,33,34). The van der Waals surface area contributed by atoms with Gasteiger partial charge in [-0.25, -0.2) is 0 Å². The van der Waals surface area contributed by atoms with E-state index in [2.05, 4.69) is 10.1 Å². The molecule has 196 valence electrons. The quantitative estimate of drug-likeness (QED) is 0.446. The van der Waals surface area contributed by atoms with Crippen LogP contribution < -0.4 is 15.4 Å². The van der Waals surface area contributed by atoms with Gasteiger partial charge in [-0.15, -0.1) is 0 Å². The first-order valence-electron chi connectivity index (χ1n) is 11.0. The fourth-order valence-corrected chi connectivity index (χ4v) is 4.31. The largest absolute Gasteiger partial charge is 0.497 e. The lowest BCUT2D eigenvalue weighted by Gasteiger charge is -2.29. The smallest absolute Gasteiger partial charge is 0.417 e. The number of nitrogens with zero attached hydrogens (tertiary/aromatic N) is 1. The Kier molecular flexibility index (Phi) is 6.65. The number of amides is 4. The third-order valence-corrected chi connectivity index (χ3v) is 6.20. The SMILES string of the molecule is COc1ccc(C(F)(F)C(=O)NCc2ccc3c(c2)CN(C2CCC(=O)NC2=O)C3=O)c(C(F)(F)F)c1. The molecule has 0 aromatic heterocycles. The number of nitrogens with one attached hydrogen (secondary N) is 2. The summed E-state index contributed by atoms with van der Waals surface area (Å²) in [5.74, 6) is -8.21. The molecule has 0 aliphatic carbocycles. The van der Waals surface area contributed by atoms with Crippen molar-refractivity contribution in [3.63, 3.8) is 0 Å². The molecule has 1 saturated heterocycles. The summed E-state index contributed by atoms with van der Waals surface area (Å²) in [6, 6.07) is 5.23. The lowest BCUT2D eigenvalue weighted by molar-refractivity contribution is -0.153. The first kappa shape index (κ1) is 26.0. The lowest BCUT2D eigenvalue weighted by atomic mass is 9.99. The van der Waals surface area contributed by atoms with E-state index < -0.39 is 59.4 Å². The molecule has 2 aromatic rings. The molecule has 2 aliphatic rings. The highest BCUT2D eigenvalue weighted by Crippen LogP contribution is 2.41. The summed E-state index contributed by atoms with van der Waals surface area (Å²) in [5, 5.41) is 4.12. The van der Waals surface area contributed by atoms with Crippen LogP contribution in [0.4, 0.5) is 22.0 Å². The van der Waals surface area contributed by atoms with Crippen molar-refractivity contribution in [3.8, 4) is 5.75 Å². The predicted octanol–water partition coefficient (Wildman–Crippen LogP) is 2.88. The first-order chi connectivity index (χ1) is 17.3. The van der Waals surface area contributed by atoms with Gasteiger partial charge < -0.3 is 15.0 Å². The van der Waals surface area contributed by atoms with Crippen molar-refractivity contribution in [1.82, 2.24) is 15.5 Å². The minimum atomic E-state index is -5.16. The molecule has 4 rings (SSSR count). The summed E-state index contributed by atoms with van der Waals surface area (Å²) in [6.45, 7) is -0.426. The Hall–Kier alpha value is -4.03. The Labute approximate surface area is 206 Å². The third-order valence-electron chi connectivity index (χ3n) is 6.20. The number of benzene rings is 2. The molecule has 2 aliphatic heterocycles. The number of carbonyl (C=O) groups is 4. The van der Waals surface area contributed by atoms with Crippen LogP contribution in [0.5, 0.6) is 5.75 Å². The molecular weight excluding hydrogens is 505 g/mol. The van der Waals surface area contributed by atoms with Crippen LogP contribution >= 0.6 is 0 Å². The van der Waals surface area contributed by atoms with Crippen LogP contribution in [0.3, 0.4) is 0 Å². The van der Waals surface area contributed by atoms with Crippen molar-refractivity contribution < 1.29 is 45.9 Å². The van der Waals surface area contributed by atoms with Gasteiger partial charge in [0.1, 0.15) is 11.8 Å². The van der Waals surface area contributed by atoms with Crippen LogP contribution in [0.15, 0.2) is 36.4 Å². The second-order valence-corrected chi connectivity index (χ2v) is 8.56. The summed E-state index contributed by atoms with van der Waals surface area (Å²) in [5.41, 5.74) is -2.15. The summed E-state index contributed by atoms with van der Waals surface area (Å²) in [6.07, 6.45) is -4.92. The topological polar surface area (TPSA) is 105 Å². The van der Waals surface area contributed by atoms with Crippen LogP contribution in [0, 0.1) is 0 Å². The van der Waals surface area contributed by atoms with E-state index in [1.54, 1.807) is 0 Å². The normalized spacial score (nSPS) is 17.9. The Balaban J connectivity index is 1.48. The van der Waals surface area contributed by atoms with Crippen molar-refractivity contribution in [1.29, 1.82) is 0 Å². The van der Waals surface area contributed by atoms with Gasteiger partial charge in [-0.05, 0) is 41.8 Å². The van der Waals surface area contributed by atoms with E-state index in [9.17, 15) is 41.1 Å². The number of fused-ring (bicyclic) bond motifs is 1. The van der Waals surface area contributed by atoms with E-state index in [-0.39, 0.29) is 30.7 Å².